The van der Waals surface area contributed by atoms with E-state index in [2.05, 4.69) is 0 Å². The Morgan fingerprint density at radius 1 is 1.20 bits per heavy atom. The van der Waals surface area contributed by atoms with Crippen molar-refractivity contribution in [3.8, 4) is 0 Å². The maximum absolute atomic E-state index is 14.2. The molecule has 0 fully saturated rings. The lowest BCUT2D eigenvalue weighted by atomic mass is 9.92. The molecule has 1 atom stereocenters. The molecular formula is C15H24FNO2S. The van der Waals surface area contributed by atoms with Gasteiger partial charge in [-0.2, -0.15) is 0 Å². The molecule has 0 aliphatic rings. The number of nitrogens with zero attached hydrogens (tertiary/aromatic N) is 1. The first-order valence-corrected chi connectivity index (χ1v) is 8.71. The lowest BCUT2D eigenvalue weighted by molar-refractivity contribution is 0.589. The fourth-order valence-electron chi connectivity index (χ4n) is 2.10. The third-order valence-electron chi connectivity index (χ3n) is 3.75. The summed E-state index contributed by atoms with van der Waals surface area (Å²) in [5, 5.41) is 0. The predicted molar refractivity (Wildman–Crippen MR) is 82.4 cm³/mol. The van der Waals surface area contributed by atoms with E-state index in [0.717, 1.165) is 18.2 Å². The molecule has 0 bridgehead atoms. The molecule has 1 aromatic carbocycles. The van der Waals surface area contributed by atoms with E-state index in [0.29, 0.717) is 11.3 Å². The van der Waals surface area contributed by atoms with Crippen LogP contribution in [-0.4, -0.2) is 21.7 Å². The van der Waals surface area contributed by atoms with Crippen LogP contribution >= 0.6 is 0 Å². The molecule has 114 valence electrons. The van der Waals surface area contributed by atoms with Crippen LogP contribution in [0.3, 0.4) is 0 Å². The highest BCUT2D eigenvalue weighted by atomic mass is 32.2. The first-order chi connectivity index (χ1) is 9.09. The molecule has 1 rings (SSSR count). The van der Waals surface area contributed by atoms with Crippen molar-refractivity contribution in [3.63, 3.8) is 0 Å². The van der Waals surface area contributed by atoms with Gasteiger partial charge in [-0.25, -0.2) is 12.8 Å². The zero-order valence-electron chi connectivity index (χ0n) is 13.1. The predicted octanol–water partition coefficient (Wildman–Crippen LogP) is 3.86. The number of anilines is 1. The van der Waals surface area contributed by atoms with E-state index in [-0.39, 0.29) is 17.7 Å². The topological polar surface area (TPSA) is 37.4 Å². The van der Waals surface area contributed by atoms with E-state index < -0.39 is 10.0 Å². The summed E-state index contributed by atoms with van der Waals surface area (Å²) in [5.41, 5.74) is 1.86. The highest BCUT2D eigenvalue weighted by Crippen LogP contribution is 2.34. The molecule has 20 heavy (non-hydrogen) atoms. The number of rotatable bonds is 5. The van der Waals surface area contributed by atoms with Crippen LogP contribution < -0.4 is 4.31 Å². The minimum atomic E-state index is -3.36. The normalized spacial score (nSPS) is 13.6. The van der Waals surface area contributed by atoms with Crippen molar-refractivity contribution in [2.24, 2.45) is 0 Å². The zero-order valence-corrected chi connectivity index (χ0v) is 13.9. The summed E-state index contributed by atoms with van der Waals surface area (Å²) >= 11 is 0. The van der Waals surface area contributed by atoms with Crippen LogP contribution in [0.25, 0.3) is 0 Å². The number of hydrogen-bond acceptors (Lipinski definition) is 2. The van der Waals surface area contributed by atoms with Crippen molar-refractivity contribution >= 4 is 15.7 Å². The molecule has 0 aliphatic heterocycles. The fourth-order valence-corrected chi connectivity index (χ4v) is 2.62. The lowest BCUT2D eigenvalue weighted by Crippen LogP contribution is -2.26. The van der Waals surface area contributed by atoms with Gasteiger partial charge in [0.05, 0.1) is 11.9 Å². The Kier molecular flexibility index (Phi) is 5.19. The van der Waals surface area contributed by atoms with Gasteiger partial charge in [-0.3, -0.25) is 4.31 Å². The third kappa shape index (κ3) is 3.51. The molecule has 0 spiro atoms. The molecule has 1 unspecified atom stereocenters. The average Bonchev–Trinajstić information content (AvgIpc) is 2.35. The van der Waals surface area contributed by atoms with Gasteiger partial charge in [-0.15, -0.1) is 0 Å². The highest BCUT2D eigenvalue weighted by Gasteiger charge is 2.22. The number of halogens is 1. The Bertz CT molecular complexity index is 582. The van der Waals surface area contributed by atoms with Gasteiger partial charge in [0.1, 0.15) is 5.82 Å². The quantitative estimate of drug-likeness (QED) is 0.828. The van der Waals surface area contributed by atoms with Crippen molar-refractivity contribution in [1.29, 1.82) is 0 Å². The van der Waals surface area contributed by atoms with E-state index >= 15 is 0 Å². The second-order valence-electron chi connectivity index (χ2n) is 5.63. The summed E-state index contributed by atoms with van der Waals surface area (Å²) in [5.74, 6) is -0.154. The molecule has 5 heteroatoms. The molecule has 3 nitrogen and oxygen atoms in total. The second-order valence-corrected chi connectivity index (χ2v) is 7.64. The smallest absolute Gasteiger partial charge is 0.232 e. The number of sulfonamides is 1. The summed E-state index contributed by atoms with van der Waals surface area (Å²) < 4.78 is 39.0. The molecule has 0 radical (unpaired) electrons. The van der Waals surface area contributed by atoms with Crippen LogP contribution in [0.1, 0.15) is 57.1 Å². The average molecular weight is 301 g/mol. The largest absolute Gasteiger partial charge is 0.273 e. The van der Waals surface area contributed by atoms with Crippen LogP contribution in [0.2, 0.25) is 0 Å². The van der Waals surface area contributed by atoms with Crippen molar-refractivity contribution in [2.45, 2.75) is 46.0 Å². The van der Waals surface area contributed by atoms with E-state index in [1.54, 1.807) is 6.07 Å². The van der Waals surface area contributed by atoms with Crippen LogP contribution in [0, 0.1) is 5.82 Å². The van der Waals surface area contributed by atoms with Gasteiger partial charge in [0.2, 0.25) is 10.0 Å². The Morgan fingerprint density at radius 2 is 1.75 bits per heavy atom. The summed E-state index contributed by atoms with van der Waals surface area (Å²) in [6, 6.07) is 3.16. The van der Waals surface area contributed by atoms with Crippen molar-refractivity contribution in [2.75, 3.05) is 17.6 Å². The molecule has 0 heterocycles. The second kappa shape index (κ2) is 6.12. The van der Waals surface area contributed by atoms with Crippen LogP contribution in [0.5, 0.6) is 0 Å². The Labute approximate surface area is 121 Å². The lowest BCUT2D eigenvalue weighted by Gasteiger charge is -2.25. The van der Waals surface area contributed by atoms with Gasteiger partial charge in [0.15, 0.2) is 0 Å². The first-order valence-electron chi connectivity index (χ1n) is 6.86. The SMILES string of the molecule is CCC(C)c1cc(F)c(C(C)C)cc1N(C)S(C)(=O)=O. The van der Waals surface area contributed by atoms with Crippen molar-refractivity contribution < 1.29 is 12.8 Å². The monoisotopic (exact) mass is 301 g/mol. The van der Waals surface area contributed by atoms with E-state index in [1.807, 2.05) is 27.7 Å². The molecule has 1 aromatic rings. The van der Waals surface area contributed by atoms with Gasteiger partial charge in [0, 0.05) is 7.05 Å². The zero-order chi connectivity index (χ0) is 15.7. The molecule has 0 aliphatic carbocycles. The fraction of sp³-hybridized carbons (Fsp3) is 0.600. The Hall–Kier alpha value is -1.10. The van der Waals surface area contributed by atoms with E-state index in [9.17, 15) is 12.8 Å². The molecule has 0 N–H and O–H groups in total. The van der Waals surface area contributed by atoms with E-state index in [1.165, 1.54) is 17.4 Å². The minimum absolute atomic E-state index is 0.00712. The first kappa shape index (κ1) is 17.0. The summed E-state index contributed by atoms with van der Waals surface area (Å²) in [4.78, 5) is 0. The minimum Gasteiger partial charge on any atom is -0.273 e. The Morgan fingerprint density at radius 3 is 2.15 bits per heavy atom. The standard InChI is InChI=1S/C15H24FNO2S/c1-7-11(4)13-8-14(16)12(10(2)3)9-15(13)17(5)20(6,18)19/h8-11H,7H2,1-6H3. The number of benzene rings is 1. The molecule has 0 aromatic heterocycles. The maximum atomic E-state index is 14.2. The van der Waals surface area contributed by atoms with E-state index in [4.69, 9.17) is 0 Å². The molecule has 0 amide bonds. The van der Waals surface area contributed by atoms with Crippen LogP contribution in [0.15, 0.2) is 12.1 Å². The summed E-state index contributed by atoms with van der Waals surface area (Å²) in [6.07, 6.45) is 1.98. The van der Waals surface area contributed by atoms with Gasteiger partial charge in [-0.1, -0.05) is 27.7 Å². The third-order valence-corrected chi connectivity index (χ3v) is 4.94. The van der Waals surface area contributed by atoms with Crippen molar-refractivity contribution in [3.05, 3.63) is 29.1 Å². The summed E-state index contributed by atoms with van der Waals surface area (Å²) in [7, 11) is -1.85. The Balaban J connectivity index is 3.56. The van der Waals surface area contributed by atoms with Gasteiger partial charge >= 0.3 is 0 Å². The van der Waals surface area contributed by atoms with Crippen LogP contribution in [0.4, 0.5) is 10.1 Å². The van der Waals surface area contributed by atoms with Gasteiger partial charge in [0.25, 0.3) is 0 Å². The molecular weight excluding hydrogens is 277 g/mol. The van der Waals surface area contributed by atoms with Gasteiger partial charge < -0.3 is 0 Å². The van der Waals surface area contributed by atoms with Gasteiger partial charge in [-0.05, 0) is 41.5 Å². The van der Waals surface area contributed by atoms with Crippen molar-refractivity contribution in [1.82, 2.24) is 0 Å². The maximum Gasteiger partial charge on any atom is 0.232 e. The van der Waals surface area contributed by atoms with Crippen LogP contribution in [-0.2, 0) is 10.0 Å². The molecule has 0 saturated carbocycles. The molecule has 0 saturated heterocycles. The highest BCUT2D eigenvalue weighted by molar-refractivity contribution is 7.92. The number of hydrogen-bond donors (Lipinski definition) is 0. The summed E-state index contributed by atoms with van der Waals surface area (Å²) in [6.45, 7) is 7.77.